The van der Waals surface area contributed by atoms with Gasteiger partial charge in [-0.3, -0.25) is 0 Å². The molecule has 2 aliphatic rings. The number of pyridine rings is 2. The summed E-state index contributed by atoms with van der Waals surface area (Å²) in [5, 5.41) is 0. The summed E-state index contributed by atoms with van der Waals surface area (Å²) in [5.74, 6) is 0.487. The zero-order chi connectivity index (χ0) is 25.8. The summed E-state index contributed by atoms with van der Waals surface area (Å²) >= 11 is 0. The molecule has 0 amide bonds. The minimum Gasteiger partial charge on any atom is -0.200 e. The van der Waals surface area contributed by atoms with Crippen molar-refractivity contribution in [3.63, 3.8) is 0 Å². The van der Waals surface area contributed by atoms with E-state index >= 15 is 0 Å². The molecule has 0 bridgehead atoms. The SMILES string of the molecule is Cc1cc(-c2ccccc2C/C=C2/C3c4ccccc4-c4cccc(C)[n+]4C23)[n+](C)cc1-c1ccccc1. The van der Waals surface area contributed by atoms with Gasteiger partial charge in [0.15, 0.2) is 17.9 Å². The van der Waals surface area contributed by atoms with Gasteiger partial charge in [-0.2, -0.15) is 4.57 Å². The van der Waals surface area contributed by atoms with E-state index in [9.17, 15) is 0 Å². The predicted octanol–water partition coefficient (Wildman–Crippen LogP) is 7.24. The van der Waals surface area contributed by atoms with Crippen LogP contribution in [0.5, 0.6) is 0 Å². The highest BCUT2D eigenvalue weighted by Gasteiger charge is 2.58. The quantitative estimate of drug-likeness (QED) is 0.185. The van der Waals surface area contributed by atoms with Crippen LogP contribution >= 0.6 is 0 Å². The van der Waals surface area contributed by atoms with Gasteiger partial charge in [0.05, 0.1) is 11.5 Å². The van der Waals surface area contributed by atoms with Crippen LogP contribution in [0.3, 0.4) is 0 Å². The number of nitrogens with zero attached hydrogens (tertiary/aromatic N) is 2. The molecule has 1 saturated carbocycles. The van der Waals surface area contributed by atoms with Crippen LogP contribution in [0.25, 0.3) is 33.6 Å². The lowest BCUT2D eigenvalue weighted by atomic mass is 9.96. The molecule has 1 aliphatic heterocycles. The first-order chi connectivity index (χ1) is 18.6. The summed E-state index contributed by atoms with van der Waals surface area (Å²) < 4.78 is 4.83. The van der Waals surface area contributed by atoms with E-state index in [1.165, 1.54) is 56.0 Å². The Hall–Kier alpha value is -4.30. The molecule has 184 valence electrons. The Morgan fingerprint density at radius 1 is 0.711 bits per heavy atom. The number of aromatic nitrogens is 2. The fourth-order valence-corrected chi connectivity index (χ4v) is 6.50. The van der Waals surface area contributed by atoms with E-state index in [1.807, 2.05) is 0 Å². The van der Waals surface area contributed by atoms with E-state index in [-0.39, 0.29) is 0 Å². The molecule has 3 heterocycles. The Morgan fingerprint density at radius 3 is 2.29 bits per heavy atom. The summed E-state index contributed by atoms with van der Waals surface area (Å²) in [6, 6.07) is 38.0. The molecule has 2 nitrogen and oxygen atoms in total. The van der Waals surface area contributed by atoms with E-state index in [0.29, 0.717) is 12.0 Å². The molecular formula is C36H32N2+2. The zero-order valence-corrected chi connectivity index (χ0v) is 22.2. The largest absolute Gasteiger partial charge is 0.213 e. The average molecular weight is 493 g/mol. The molecule has 0 spiro atoms. The van der Waals surface area contributed by atoms with Crippen molar-refractivity contribution in [1.29, 1.82) is 0 Å². The van der Waals surface area contributed by atoms with Crippen LogP contribution in [0, 0.1) is 13.8 Å². The second-order valence-corrected chi connectivity index (χ2v) is 10.7. The number of hydrogen-bond acceptors (Lipinski definition) is 0. The van der Waals surface area contributed by atoms with Crippen molar-refractivity contribution in [3.8, 4) is 33.6 Å². The molecule has 3 aromatic carbocycles. The number of allylic oxidation sites excluding steroid dienone is 2. The van der Waals surface area contributed by atoms with Gasteiger partial charge in [-0.05, 0) is 53.8 Å². The molecule has 0 N–H and O–H groups in total. The maximum Gasteiger partial charge on any atom is 0.213 e. The third kappa shape index (κ3) is 3.63. The molecule has 7 rings (SSSR count). The highest BCUT2D eigenvalue weighted by Crippen LogP contribution is 2.59. The Bertz CT molecular complexity index is 1730. The van der Waals surface area contributed by atoms with Crippen molar-refractivity contribution < 1.29 is 9.13 Å². The lowest BCUT2D eigenvalue weighted by Crippen LogP contribution is -2.41. The second kappa shape index (κ2) is 8.92. The molecule has 5 aromatic rings. The van der Waals surface area contributed by atoms with E-state index in [1.54, 1.807) is 5.57 Å². The van der Waals surface area contributed by atoms with Gasteiger partial charge in [-0.1, -0.05) is 72.8 Å². The van der Waals surface area contributed by atoms with Gasteiger partial charge < -0.3 is 0 Å². The maximum atomic E-state index is 2.55. The molecule has 0 saturated heterocycles. The number of benzene rings is 3. The minimum absolute atomic E-state index is 0.441. The Labute approximate surface area is 225 Å². The number of fused-ring (bicyclic) bond motifs is 6. The van der Waals surface area contributed by atoms with Gasteiger partial charge in [-0.15, -0.1) is 0 Å². The van der Waals surface area contributed by atoms with Crippen molar-refractivity contribution in [1.82, 2.24) is 0 Å². The van der Waals surface area contributed by atoms with Gasteiger partial charge in [0.25, 0.3) is 0 Å². The number of rotatable bonds is 4. The highest BCUT2D eigenvalue weighted by molar-refractivity contribution is 5.71. The van der Waals surface area contributed by atoms with Crippen molar-refractivity contribution in [2.75, 3.05) is 0 Å². The van der Waals surface area contributed by atoms with E-state index in [4.69, 9.17) is 0 Å². The second-order valence-electron chi connectivity index (χ2n) is 10.7. The first-order valence-electron chi connectivity index (χ1n) is 13.6. The van der Waals surface area contributed by atoms with Crippen LogP contribution < -0.4 is 9.13 Å². The first kappa shape index (κ1) is 22.9. The fourth-order valence-electron chi connectivity index (χ4n) is 6.50. The molecule has 38 heavy (non-hydrogen) atoms. The molecule has 1 aliphatic carbocycles. The van der Waals surface area contributed by atoms with Crippen LogP contribution in [0.4, 0.5) is 0 Å². The smallest absolute Gasteiger partial charge is 0.200 e. The third-order valence-corrected chi connectivity index (χ3v) is 8.40. The van der Waals surface area contributed by atoms with Crippen molar-refractivity contribution in [2.24, 2.45) is 7.05 Å². The fraction of sp³-hybridized carbons (Fsp3) is 0.167. The van der Waals surface area contributed by atoms with Crippen LogP contribution in [0.1, 0.15) is 34.3 Å². The Morgan fingerprint density at radius 2 is 1.45 bits per heavy atom. The van der Waals surface area contributed by atoms with Crippen molar-refractivity contribution in [3.05, 3.63) is 143 Å². The summed E-state index contributed by atoms with van der Waals surface area (Å²) in [4.78, 5) is 0. The van der Waals surface area contributed by atoms with Gasteiger partial charge in [0.2, 0.25) is 11.4 Å². The average Bonchev–Trinajstić information content (AvgIpc) is 3.68. The first-order valence-corrected chi connectivity index (χ1v) is 13.6. The maximum absolute atomic E-state index is 2.55. The van der Waals surface area contributed by atoms with Crippen LogP contribution in [0.2, 0.25) is 0 Å². The standard InChI is InChI=1S/C36H32N2/c1-24-22-34(37(3)23-32(24)26-13-5-4-6-14-26)28-16-8-7-15-27(28)20-21-31-35-30-18-10-9-17-29(30)33-19-11-12-25(2)38(33)36(31)35/h4-19,21-23,35-36H,20H2,1-3H3/q+2/b31-21-. The normalized spacial score (nSPS) is 18.0. The van der Waals surface area contributed by atoms with Crippen LogP contribution in [-0.4, -0.2) is 0 Å². The molecule has 0 radical (unpaired) electrons. The third-order valence-electron chi connectivity index (χ3n) is 8.40. The summed E-state index contributed by atoms with van der Waals surface area (Å²) in [7, 11) is 2.17. The molecule has 1 fully saturated rings. The Balaban J connectivity index is 1.26. The van der Waals surface area contributed by atoms with E-state index in [0.717, 1.165) is 6.42 Å². The van der Waals surface area contributed by atoms with Gasteiger partial charge >= 0.3 is 0 Å². The highest BCUT2D eigenvalue weighted by atomic mass is 15.1. The predicted molar refractivity (Wildman–Crippen MR) is 154 cm³/mol. The van der Waals surface area contributed by atoms with E-state index < -0.39 is 0 Å². The summed E-state index contributed by atoms with van der Waals surface area (Å²) in [5.41, 5.74) is 14.8. The molecule has 2 unspecified atom stereocenters. The van der Waals surface area contributed by atoms with Gasteiger partial charge in [0.1, 0.15) is 7.05 Å². The van der Waals surface area contributed by atoms with Crippen molar-refractivity contribution >= 4 is 0 Å². The molecular weight excluding hydrogens is 460 g/mol. The topological polar surface area (TPSA) is 7.76 Å². The molecule has 2 atom stereocenters. The van der Waals surface area contributed by atoms with Gasteiger partial charge in [-0.25, -0.2) is 4.57 Å². The lowest BCUT2D eigenvalue weighted by Gasteiger charge is -2.14. The summed E-state index contributed by atoms with van der Waals surface area (Å²) in [6.07, 6.45) is 5.71. The lowest BCUT2D eigenvalue weighted by molar-refractivity contribution is -0.694. The van der Waals surface area contributed by atoms with Crippen LogP contribution in [0.15, 0.2) is 121 Å². The zero-order valence-electron chi connectivity index (χ0n) is 22.2. The number of aryl methyl sites for hydroxylation is 3. The number of hydrogen-bond donors (Lipinski definition) is 0. The monoisotopic (exact) mass is 492 g/mol. The molecule has 2 heteroatoms. The Kier molecular flexibility index (Phi) is 5.37. The van der Waals surface area contributed by atoms with E-state index in [2.05, 4.69) is 145 Å². The van der Waals surface area contributed by atoms with Crippen LogP contribution in [-0.2, 0) is 13.5 Å². The van der Waals surface area contributed by atoms with Crippen molar-refractivity contribution in [2.45, 2.75) is 32.2 Å². The van der Waals surface area contributed by atoms with Gasteiger partial charge in [0, 0.05) is 41.8 Å². The minimum atomic E-state index is 0.441. The summed E-state index contributed by atoms with van der Waals surface area (Å²) in [6.45, 7) is 4.46. The molecule has 2 aromatic heterocycles.